The first-order chi connectivity index (χ1) is 16.0. The maximum Gasteiger partial charge on any atom is 0.237 e. The summed E-state index contributed by atoms with van der Waals surface area (Å²) in [4.78, 5) is 21.0. The van der Waals surface area contributed by atoms with Crippen LogP contribution >= 0.6 is 0 Å². The Morgan fingerprint density at radius 3 is 2.76 bits per heavy atom. The minimum Gasteiger partial charge on any atom is -0.497 e. The Kier molecular flexibility index (Phi) is 7.31. The zero-order chi connectivity index (χ0) is 23.2. The second kappa shape index (κ2) is 10.5. The number of amides is 1. The number of benzene rings is 1. The van der Waals surface area contributed by atoms with E-state index in [0.717, 1.165) is 11.1 Å². The highest BCUT2D eigenvalue weighted by molar-refractivity contribution is 5.78. The van der Waals surface area contributed by atoms with E-state index in [1.54, 1.807) is 47.4 Å². The molecule has 0 saturated carbocycles. The first kappa shape index (κ1) is 22.9. The van der Waals surface area contributed by atoms with Crippen LogP contribution in [0, 0.1) is 5.82 Å². The molecule has 0 aliphatic carbocycles. The zero-order valence-electron chi connectivity index (χ0n) is 18.9. The predicted octanol–water partition coefficient (Wildman–Crippen LogP) is 2.39. The van der Waals surface area contributed by atoms with Crippen LogP contribution in [0.15, 0.2) is 55.1 Å². The minimum absolute atomic E-state index is 0.0327. The van der Waals surface area contributed by atoms with Gasteiger partial charge in [0.05, 0.1) is 32.6 Å². The zero-order valence-corrected chi connectivity index (χ0v) is 18.9. The van der Waals surface area contributed by atoms with Crippen LogP contribution in [-0.2, 0) is 36.3 Å². The molecule has 1 unspecified atom stereocenters. The van der Waals surface area contributed by atoms with E-state index in [9.17, 15) is 9.18 Å². The van der Waals surface area contributed by atoms with Gasteiger partial charge in [-0.05, 0) is 29.8 Å². The predicted molar refractivity (Wildman–Crippen MR) is 120 cm³/mol. The highest BCUT2D eigenvalue weighted by atomic mass is 19.1. The number of methoxy groups -OCH3 is 1. The summed E-state index contributed by atoms with van der Waals surface area (Å²) in [5.74, 6) is 0.220. The van der Waals surface area contributed by atoms with Crippen molar-refractivity contribution in [2.75, 3.05) is 26.7 Å². The molecule has 9 heteroatoms. The molecule has 8 nitrogen and oxygen atoms in total. The van der Waals surface area contributed by atoms with Crippen molar-refractivity contribution >= 4 is 5.91 Å². The molecule has 3 heterocycles. The van der Waals surface area contributed by atoms with Gasteiger partial charge in [-0.15, -0.1) is 0 Å². The van der Waals surface area contributed by atoms with Crippen LogP contribution in [0.25, 0.3) is 0 Å². The smallest absolute Gasteiger partial charge is 0.237 e. The molecule has 174 valence electrons. The van der Waals surface area contributed by atoms with Gasteiger partial charge in [-0.1, -0.05) is 6.07 Å². The molecule has 0 radical (unpaired) electrons. The van der Waals surface area contributed by atoms with Crippen LogP contribution in [0.1, 0.15) is 16.7 Å². The van der Waals surface area contributed by atoms with Crippen LogP contribution < -0.4 is 4.74 Å². The Hall–Kier alpha value is -3.30. The molecule has 1 aliphatic heterocycles. The van der Waals surface area contributed by atoms with E-state index in [-0.39, 0.29) is 30.9 Å². The fourth-order valence-electron chi connectivity index (χ4n) is 3.94. The van der Waals surface area contributed by atoms with E-state index < -0.39 is 0 Å². The lowest BCUT2D eigenvalue weighted by atomic mass is 10.1. The maximum atomic E-state index is 14.5. The highest BCUT2D eigenvalue weighted by Crippen LogP contribution is 2.20. The molecule has 4 rings (SSSR count). The third kappa shape index (κ3) is 6.15. The van der Waals surface area contributed by atoms with Crippen molar-refractivity contribution in [1.82, 2.24) is 24.6 Å². The molecule has 1 fully saturated rings. The van der Waals surface area contributed by atoms with E-state index in [0.29, 0.717) is 37.6 Å². The van der Waals surface area contributed by atoms with E-state index >= 15 is 0 Å². The number of aryl methyl sites for hydroxylation is 1. The first-order valence-corrected chi connectivity index (χ1v) is 10.8. The van der Waals surface area contributed by atoms with Gasteiger partial charge in [0, 0.05) is 62.9 Å². The highest BCUT2D eigenvalue weighted by Gasteiger charge is 2.29. The van der Waals surface area contributed by atoms with E-state index in [2.05, 4.69) is 10.1 Å². The Balaban J connectivity index is 1.51. The van der Waals surface area contributed by atoms with Crippen molar-refractivity contribution in [3.8, 4) is 5.75 Å². The summed E-state index contributed by atoms with van der Waals surface area (Å²) >= 11 is 0. The van der Waals surface area contributed by atoms with Crippen molar-refractivity contribution < 1.29 is 18.7 Å². The van der Waals surface area contributed by atoms with Crippen LogP contribution in [0.2, 0.25) is 0 Å². The van der Waals surface area contributed by atoms with Gasteiger partial charge in [0.1, 0.15) is 11.6 Å². The van der Waals surface area contributed by atoms with Crippen LogP contribution in [-0.4, -0.2) is 63.3 Å². The van der Waals surface area contributed by atoms with Gasteiger partial charge in [-0.25, -0.2) is 4.39 Å². The average molecular weight is 454 g/mol. The SMILES string of the molecule is COc1ccc(F)c(CN2CC(=O)N(Cc3cnn(C)c3)CC(OCc3cccnc3)C2)c1. The van der Waals surface area contributed by atoms with Crippen molar-refractivity contribution in [2.45, 2.75) is 25.8 Å². The molecule has 1 amide bonds. The van der Waals surface area contributed by atoms with Crippen LogP contribution in [0.3, 0.4) is 0 Å². The lowest BCUT2D eigenvalue weighted by Gasteiger charge is -2.25. The number of aromatic nitrogens is 3. The molecule has 1 atom stereocenters. The van der Waals surface area contributed by atoms with Crippen molar-refractivity contribution in [3.05, 3.63) is 77.6 Å². The summed E-state index contributed by atoms with van der Waals surface area (Å²) in [6, 6.07) is 8.46. The summed E-state index contributed by atoms with van der Waals surface area (Å²) in [5, 5.41) is 4.20. The summed E-state index contributed by atoms with van der Waals surface area (Å²) < 4.78 is 27.6. The van der Waals surface area contributed by atoms with Gasteiger partial charge in [0.2, 0.25) is 5.91 Å². The minimum atomic E-state index is -0.326. The molecule has 0 spiro atoms. The lowest BCUT2D eigenvalue weighted by Crippen LogP contribution is -2.37. The Morgan fingerprint density at radius 1 is 1.15 bits per heavy atom. The molecule has 33 heavy (non-hydrogen) atoms. The average Bonchev–Trinajstić information content (AvgIpc) is 3.16. The Labute approximate surface area is 192 Å². The van der Waals surface area contributed by atoms with Gasteiger partial charge in [-0.2, -0.15) is 5.10 Å². The number of carbonyl (C=O) groups is 1. The molecule has 1 aliphatic rings. The third-order valence-corrected chi connectivity index (χ3v) is 5.58. The van der Waals surface area contributed by atoms with Crippen molar-refractivity contribution in [1.29, 1.82) is 0 Å². The number of rotatable bonds is 8. The van der Waals surface area contributed by atoms with E-state index in [1.807, 2.05) is 30.3 Å². The molecule has 2 aromatic heterocycles. The monoisotopic (exact) mass is 453 g/mol. The van der Waals surface area contributed by atoms with E-state index in [4.69, 9.17) is 9.47 Å². The molecular formula is C24H28FN5O3. The quantitative estimate of drug-likeness (QED) is 0.522. The second-order valence-electron chi connectivity index (χ2n) is 8.22. The normalized spacial score (nSPS) is 17.2. The summed E-state index contributed by atoms with van der Waals surface area (Å²) in [5.41, 5.74) is 2.38. The number of nitrogens with zero attached hydrogens (tertiary/aromatic N) is 5. The number of ether oxygens (including phenoxy) is 2. The van der Waals surface area contributed by atoms with Gasteiger partial charge >= 0.3 is 0 Å². The van der Waals surface area contributed by atoms with Crippen LogP contribution in [0.4, 0.5) is 4.39 Å². The molecule has 3 aromatic rings. The molecule has 0 bridgehead atoms. The summed E-state index contributed by atoms with van der Waals surface area (Å²) in [7, 11) is 3.39. The van der Waals surface area contributed by atoms with Gasteiger partial charge in [0.15, 0.2) is 0 Å². The van der Waals surface area contributed by atoms with Crippen molar-refractivity contribution in [3.63, 3.8) is 0 Å². The fraction of sp³-hybridized carbons (Fsp3) is 0.375. The third-order valence-electron chi connectivity index (χ3n) is 5.58. The second-order valence-corrected chi connectivity index (χ2v) is 8.22. The maximum absolute atomic E-state index is 14.5. The summed E-state index contributed by atoms with van der Waals surface area (Å²) in [6.07, 6.45) is 6.88. The molecule has 1 aromatic carbocycles. The fourth-order valence-corrected chi connectivity index (χ4v) is 3.94. The van der Waals surface area contributed by atoms with Gasteiger partial charge in [-0.3, -0.25) is 19.4 Å². The lowest BCUT2D eigenvalue weighted by molar-refractivity contribution is -0.132. The molecule has 1 saturated heterocycles. The number of pyridine rings is 1. The topological polar surface area (TPSA) is 72.7 Å². The van der Waals surface area contributed by atoms with Crippen LogP contribution in [0.5, 0.6) is 5.75 Å². The Morgan fingerprint density at radius 2 is 2.03 bits per heavy atom. The van der Waals surface area contributed by atoms with Gasteiger partial charge < -0.3 is 14.4 Å². The number of carbonyl (C=O) groups excluding carboxylic acids is 1. The molecular weight excluding hydrogens is 425 g/mol. The molecule has 0 N–H and O–H groups in total. The first-order valence-electron chi connectivity index (χ1n) is 10.8. The van der Waals surface area contributed by atoms with E-state index in [1.165, 1.54) is 6.07 Å². The van der Waals surface area contributed by atoms with Gasteiger partial charge in [0.25, 0.3) is 0 Å². The number of hydrogen-bond donors (Lipinski definition) is 0. The largest absolute Gasteiger partial charge is 0.497 e. The van der Waals surface area contributed by atoms with Crippen molar-refractivity contribution in [2.24, 2.45) is 7.05 Å². The Bertz CT molecular complexity index is 1070. The standard InChI is InChI=1S/C24H28FN5O3/c1-28-11-19(10-27-28)12-30-15-22(33-17-18-4-3-7-26-9-18)14-29(16-24(30)31)13-20-8-21(32-2)5-6-23(20)25/h3-11,22H,12-17H2,1-2H3. The number of hydrogen-bond acceptors (Lipinski definition) is 6. The number of halogens is 1. The summed E-state index contributed by atoms with van der Waals surface area (Å²) in [6.45, 7) is 2.21.